The minimum absolute atomic E-state index is 0.0138. The van der Waals surface area contributed by atoms with Crippen LogP contribution in [0.5, 0.6) is 5.75 Å². The Hall–Kier alpha value is -4.16. The number of hydrogen-bond acceptors (Lipinski definition) is 7. The van der Waals surface area contributed by atoms with Gasteiger partial charge in [-0.15, -0.1) is 0 Å². The number of fused-ring (bicyclic) bond motifs is 1. The molecule has 41 heavy (non-hydrogen) atoms. The molecule has 3 N–H and O–H groups in total. The van der Waals surface area contributed by atoms with Gasteiger partial charge < -0.3 is 20.5 Å². The van der Waals surface area contributed by atoms with Crippen LogP contribution >= 0.6 is 0 Å². The van der Waals surface area contributed by atoms with Crippen molar-refractivity contribution in [3.05, 3.63) is 77.1 Å². The Bertz CT molecular complexity index is 1570. The topological polar surface area (TPSA) is 109 Å². The number of halogens is 3. The van der Waals surface area contributed by atoms with Crippen LogP contribution < -0.4 is 10.5 Å². The second kappa shape index (κ2) is 11.0. The van der Waals surface area contributed by atoms with E-state index < -0.39 is 17.8 Å². The van der Waals surface area contributed by atoms with Crippen molar-refractivity contribution in [1.29, 1.82) is 0 Å². The summed E-state index contributed by atoms with van der Waals surface area (Å²) in [4.78, 5) is 22.0. The maximum absolute atomic E-state index is 14.3. The number of alkyl halides is 3. The largest absolute Gasteiger partial charge is 0.497 e. The fourth-order valence-corrected chi connectivity index (χ4v) is 5.51. The number of aromatic nitrogens is 3. The number of benzene rings is 2. The molecule has 216 valence electrons. The molecule has 1 aliphatic rings. The first-order valence-electron chi connectivity index (χ1n) is 13.1. The average molecular weight is 569 g/mol. The summed E-state index contributed by atoms with van der Waals surface area (Å²) in [5.74, 6) is 0.0952. The highest BCUT2D eigenvalue weighted by Crippen LogP contribution is 2.37. The van der Waals surface area contributed by atoms with Crippen molar-refractivity contribution < 1.29 is 27.8 Å². The van der Waals surface area contributed by atoms with E-state index in [4.69, 9.17) is 10.5 Å². The first-order chi connectivity index (χ1) is 19.5. The Morgan fingerprint density at radius 1 is 1.20 bits per heavy atom. The molecule has 9 nitrogen and oxygen atoms in total. The van der Waals surface area contributed by atoms with Gasteiger partial charge >= 0.3 is 6.18 Å². The van der Waals surface area contributed by atoms with Crippen LogP contribution in [-0.4, -0.2) is 74.8 Å². The molecule has 2 aromatic heterocycles. The third-order valence-corrected chi connectivity index (χ3v) is 7.58. The van der Waals surface area contributed by atoms with E-state index in [1.165, 1.54) is 14.0 Å². The van der Waals surface area contributed by atoms with E-state index in [2.05, 4.69) is 15.0 Å². The lowest BCUT2D eigenvalue weighted by atomic mass is 10.0. The zero-order chi connectivity index (χ0) is 29.5. The molecule has 0 saturated carbocycles. The molecule has 1 aliphatic heterocycles. The lowest BCUT2D eigenvalue weighted by molar-refractivity contribution is -0.143. The van der Waals surface area contributed by atoms with Crippen molar-refractivity contribution in [2.75, 3.05) is 39.1 Å². The predicted octanol–water partition coefficient (Wildman–Crippen LogP) is 4.19. The zero-order valence-electron chi connectivity index (χ0n) is 22.9. The number of carbonyl (C=O) groups is 1. The SMILES string of the molecule is COc1ccc(-c2nc3c(C(=O)N4CCN([C@@H](CO)c5cccc(N)c5)C[C@H]4C)cnn3c(C(F)(F)F)c2C)cc1. The van der Waals surface area contributed by atoms with E-state index >= 15 is 0 Å². The van der Waals surface area contributed by atoms with Crippen molar-refractivity contribution in [1.82, 2.24) is 24.4 Å². The molecule has 0 radical (unpaired) electrons. The molecule has 3 heterocycles. The highest BCUT2D eigenvalue weighted by molar-refractivity contribution is 6.00. The van der Waals surface area contributed by atoms with Gasteiger partial charge in [0.1, 0.15) is 11.3 Å². The van der Waals surface area contributed by atoms with Gasteiger partial charge in [-0.05, 0) is 55.8 Å². The molecule has 1 amide bonds. The number of ether oxygens (including phenoxy) is 1. The summed E-state index contributed by atoms with van der Waals surface area (Å²) in [5.41, 5.74) is 6.68. The predicted molar refractivity (Wildman–Crippen MR) is 147 cm³/mol. The van der Waals surface area contributed by atoms with Gasteiger partial charge in [0, 0.05) is 42.5 Å². The molecule has 0 unspecified atom stereocenters. The van der Waals surface area contributed by atoms with Crippen LogP contribution in [0.2, 0.25) is 0 Å². The summed E-state index contributed by atoms with van der Waals surface area (Å²) >= 11 is 0. The van der Waals surface area contributed by atoms with Gasteiger partial charge in [-0.3, -0.25) is 9.69 Å². The number of nitrogen functional groups attached to an aromatic ring is 1. The molecule has 12 heteroatoms. The minimum atomic E-state index is -4.74. The second-order valence-electron chi connectivity index (χ2n) is 10.2. The molecule has 2 atom stereocenters. The molecule has 1 saturated heterocycles. The number of anilines is 1. The number of hydrogen-bond donors (Lipinski definition) is 2. The quantitative estimate of drug-likeness (QED) is 0.336. The van der Waals surface area contributed by atoms with Gasteiger partial charge in [0.05, 0.1) is 31.6 Å². The molecular weight excluding hydrogens is 537 g/mol. The monoisotopic (exact) mass is 568 g/mol. The van der Waals surface area contributed by atoms with Gasteiger partial charge in [0.2, 0.25) is 0 Å². The third-order valence-electron chi connectivity index (χ3n) is 7.58. The number of rotatable bonds is 6. The van der Waals surface area contributed by atoms with E-state index in [0.29, 0.717) is 41.2 Å². The fraction of sp³-hybridized carbons (Fsp3) is 0.345. The van der Waals surface area contributed by atoms with Gasteiger partial charge in [-0.25, -0.2) is 9.50 Å². The number of aliphatic hydroxyl groups excluding tert-OH is 1. The zero-order valence-corrected chi connectivity index (χ0v) is 22.9. The smallest absolute Gasteiger partial charge is 0.433 e. The molecule has 0 bridgehead atoms. The average Bonchev–Trinajstić information content (AvgIpc) is 3.35. The number of carbonyl (C=O) groups excluding carboxylic acids is 1. The first-order valence-corrected chi connectivity index (χ1v) is 13.1. The van der Waals surface area contributed by atoms with E-state index in [0.717, 1.165) is 11.8 Å². The third kappa shape index (κ3) is 5.32. The molecular formula is C29H31F3N6O3. The summed E-state index contributed by atoms with van der Waals surface area (Å²) < 4.78 is 48.8. The lowest BCUT2D eigenvalue weighted by Crippen LogP contribution is -2.55. The molecule has 2 aromatic carbocycles. The number of nitrogens with zero attached hydrogens (tertiary/aromatic N) is 5. The molecule has 5 rings (SSSR count). The van der Waals surface area contributed by atoms with Crippen LogP contribution in [0, 0.1) is 6.92 Å². The normalized spacial score (nSPS) is 17.1. The van der Waals surface area contributed by atoms with Crippen LogP contribution in [0.3, 0.4) is 0 Å². The van der Waals surface area contributed by atoms with Crippen LogP contribution in [0.25, 0.3) is 16.9 Å². The molecule has 0 aliphatic carbocycles. The lowest BCUT2D eigenvalue weighted by Gasteiger charge is -2.43. The summed E-state index contributed by atoms with van der Waals surface area (Å²) in [7, 11) is 1.50. The Morgan fingerprint density at radius 2 is 1.93 bits per heavy atom. The van der Waals surface area contributed by atoms with Gasteiger partial charge in [-0.2, -0.15) is 18.3 Å². The Balaban J connectivity index is 1.49. The number of methoxy groups -OCH3 is 1. The standard InChI is InChI=1S/C29H31F3N6O3/c1-17-15-36(24(16-39)20-5-4-6-21(33)13-20)11-12-37(17)28(40)23-14-34-38-26(29(30,31)32)18(2)25(35-27(23)38)19-7-9-22(41-3)10-8-19/h4-10,13-14,17,24,39H,11-12,15-16,33H2,1-3H3/t17-,24+/m1/s1. The van der Waals surface area contributed by atoms with Crippen LogP contribution in [0.15, 0.2) is 54.7 Å². The van der Waals surface area contributed by atoms with E-state index in [1.54, 1.807) is 35.2 Å². The number of aliphatic hydroxyl groups is 1. The second-order valence-corrected chi connectivity index (χ2v) is 10.2. The summed E-state index contributed by atoms with van der Waals surface area (Å²) in [6.07, 6.45) is -3.59. The van der Waals surface area contributed by atoms with E-state index in [9.17, 15) is 23.1 Å². The Kier molecular flexibility index (Phi) is 7.62. The van der Waals surface area contributed by atoms with Crippen molar-refractivity contribution in [3.8, 4) is 17.0 Å². The van der Waals surface area contributed by atoms with Gasteiger partial charge in [-0.1, -0.05) is 12.1 Å². The summed E-state index contributed by atoms with van der Waals surface area (Å²) in [6.45, 7) is 4.28. The van der Waals surface area contributed by atoms with Crippen molar-refractivity contribution in [2.24, 2.45) is 0 Å². The van der Waals surface area contributed by atoms with Crippen molar-refractivity contribution >= 4 is 17.2 Å². The van der Waals surface area contributed by atoms with Crippen LogP contribution in [0.1, 0.15) is 40.1 Å². The highest BCUT2D eigenvalue weighted by Gasteiger charge is 2.39. The maximum atomic E-state index is 14.3. The number of nitrogens with two attached hydrogens (primary N) is 1. The van der Waals surface area contributed by atoms with Crippen molar-refractivity contribution in [3.63, 3.8) is 0 Å². The van der Waals surface area contributed by atoms with Crippen LogP contribution in [0.4, 0.5) is 18.9 Å². The van der Waals surface area contributed by atoms with Crippen molar-refractivity contribution in [2.45, 2.75) is 32.1 Å². The summed E-state index contributed by atoms with van der Waals surface area (Å²) in [5, 5.41) is 14.1. The maximum Gasteiger partial charge on any atom is 0.433 e. The van der Waals surface area contributed by atoms with Gasteiger partial charge in [0.25, 0.3) is 5.91 Å². The minimum Gasteiger partial charge on any atom is -0.497 e. The molecule has 0 spiro atoms. The van der Waals surface area contributed by atoms with Crippen LogP contribution in [-0.2, 0) is 6.18 Å². The Morgan fingerprint density at radius 3 is 2.54 bits per heavy atom. The highest BCUT2D eigenvalue weighted by atomic mass is 19.4. The van der Waals surface area contributed by atoms with E-state index in [-0.39, 0.29) is 41.2 Å². The summed E-state index contributed by atoms with van der Waals surface area (Å²) in [6, 6.07) is 13.2. The number of amides is 1. The van der Waals surface area contributed by atoms with E-state index in [1.807, 2.05) is 25.1 Å². The first kappa shape index (κ1) is 28.4. The van der Waals surface area contributed by atoms with Gasteiger partial charge in [0.15, 0.2) is 11.3 Å². The molecule has 1 fully saturated rings. The Labute approximate surface area is 235 Å². The fourth-order valence-electron chi connectivity index (χ4n) is 5.51. The number of piperazine rings is 1. The molecule has 4 aromatic rings.